The van der Waals surface area contributed by atoms with Gasteiger partial charge in [0.15, 0.2) is 0 Å². The van der Waals surface area contributed by atoms with Crippen molar-refractivity contribution in [1.82, 2.24) is 4.57 Å². The first-order valence-corrected chi connectivity index (χ1v) is 6.73. The number of amides is 1. The van der Waals surface area contributed by atoms with Crippen LogP contribution in [0.3, 0.4) is 0 Å². The van der Waals surface area contributed by atoms with Gasteiger partial charge >= 0.3 is 5.97 Å². The first kappa shape index (κ1) is 15.4. The van der Waals surface area contributed by atoms with E-state index < -0.39 is 11.9 Å². The summed E-state index contributed by atoms with van der Waals surface area (Å²) in [6.45, 7) is 1.66. The number of hydrogen-bond donors (Lipinski definition) is 2. The first-order valence-electron chi connectivity index (χ1n) is 5.98. The standard InChI is InChI=1S/C14H12Cl2N2O3/c1-7-4-3-5-9(11(7)14(20)21)17-13(19)10-6-8(15)12(16)18(10)2/h3-6H,1-2H3,(H,17,19)(H,20,21). The second-order valence-electron chi connectivity index (χ2n) is 4.48. The Balaban J connectivity index is 2.39. The van der Waals surface area contributed by atoms with E-state index in [9.17, 15) is 14.7 Å². The Bertz CT molecular complexity index is 738. The zero-order valence-electron chi connectivity index (χ0n) is 11.3. The second-order valence-corrected chi connectivity index (χ2v) is 5.25. The highest BCUT2D eigenvalue weighted by Gasteiger charge is 2.19. The van der Waals surface area contributed by atoms with E-state index in [4.69, 9.17) is 23.2 Å². The number of benzene rings is 1. The van der Waals surface area contributed by atoms with Crippen molar-refractivity contribution in [3.05, 3.63) is 51.3 Å². The number of rotatable bonds is 3. The number of carbonyl (C=O) groups excluding carboxylic acids is 1. The summed E-state index contributed by atoms with van der Waals surface area (Å²) in [4.78, 5) is 23.5. The van der Waals surface area contributed by atoms with Crippen molar-refractivity contribution >= 4 is 40.8 Å². The molecule has 0 spiro atoms. The van der Waals surface area contributed by atoms with Gasteiger partial charge in [-0.05, 0) is 24.6 Å². The number of aromatic carboxylic acids is 1. The lowest BCUT2D eigenvalue weighted by molar-refractivity contribution is 0.0697. The number of carboxylic acid groups (broad SMARTS) is 1. The van der Waals surface area contributed by atoms with Gasteiger partial charge < -0.3 is 15.0 Å². The van der Waals surface area contributed by atoms with Gasteiger partial charge in [-0.25, -0.2) is 4.79 Å². The average molecular weight is 327 g/mol. The van der Waals surface area contributed by atoms with Crippen molar-refractivity contribution in [3.8, 4) is 0 Å². The zero-order chi connectivity index (χ0) is 15.7. The van der Waals surface area contributed by atoms with Crippen LogP contribution in [0.25, 0.3) is 0 Å². The van der Waals surface area contributed by atoms with E-state index in [1.807, 2.05) is 0 Å². The van der Waals surface area contributed by atoms with Gasteiger partial charge in [0.2, 0.25) is 0 Å². The Hall–Kier alpha value is -1.98. The molecule has 0 saturated heterocycles. The summed E-state index contributed by atoms with van der Waals surface area (Å²) in [5, 5.41) is 12.3. The van der Waals surface area contributed by atoms with Crippen molar-refractivity contribution < 1.29 is 14.7 Å². The molecule has 0 fully saturated rings. The zero-order valence-corrected chi connectivity index (χ0v) is 12.8. The predicted molar refractivity (Wildman–Crippen MR) is 81.5 cm³/mol. The van der Waals surface area contributed by atoms with Crippen LogP contribution in [0.2, 0.25) is 10.2 Å². The van der Waals surface area contributed by atoms with Crippen LogP contribution in [0.4, 0.5) is 5.69 Å². The van der Waals surface area contributed by atoms with Crippen LogP contribution in [0.15, 0.2) is 24.3 Å². The third-order valence-electron chi connectivity index (χ3n) is 3.08. The van der Waals surface area contributed by atoms with E-state index in [1.165, 1.54) is 16.7 Å². The molecule has 21 heavy (non-hydrogen) atoms. The molecular formula is C14H12Cl2N2O3. The Labute approximate surface area is 131 Å². The van der Waals surface area contributed by atoms with E-state index in [2.05, 4.69) is 5.32 Å². The largest absolute Gasteiger partial charge is 0.478 e. The monoisotopic (exact) mass is 326 g/mol. The molecule has 1 aromatic carbocycles. The van der Waals surface area contributed by atoms with Crippen molar-refractivity contribution in [2.75, 3.05) is 5.32 Å². The molecule has 0 aliphatic heterocycles. The number of anilines is 1. The summed E-state index contributed by atoms with van der Waals surface area (Å²) in [5.41, 5.74) is 1.07. The van der Waals surface area contributed by atoms with Crippen LogP contribution >= 0.6 is 23.2 Å². The molecule has 0 bridgehead atoms. The number of carbonyl (C=O) groups is 2. The minimum Gasteiger partial charge on any atom is -0.478 e. The summed E-state index contributed by atoms with van der Waals surface area (Å²) in [5.74, 6) is -1.59. The molecule has 7 heteroatoms. The third-order valence-corrected chi connectivity index (χ3v) is 3.93. The number of aromatic nitrogens is 1. The maximum atomic E-state index is 12.2. The van der Waals surface area contributed by atoms with Crippen LogP contribution in [0.5, 0.6) is 0 Å². The molecule has 0 radical (unpaired) electrons. The predicted octanol–water partition coefficient (Wildman–Crippen LogP) is 3.59. The molecular weight excluding hydrogens is 315 g/mol. The van der Waals surface area contributed by atoms with E-state index in [-0.39, 0.29) is 27.1 Å². The highest BCUT2D eigenvalue weighted by atomic mass is 35.5. The number of carboxylic acids is 1. The van der Waals surface area contributed by atoms with Crippen molar-refractivity contribution in [2.24, 2.45) is 7.05 Å². The molecule has 0 aliphatic carbocycles. The van der Waals surface area contributed by atoms with Gasteiger partial charge in [-0.3, -0.25) is 4.79 Å². The number of halogens is 2. The summed E-state index contributed by atoms with van der Waals surface area (Å²) in [6.07, 6.45) is 0. The summed E-state index contributed by atoms with van der Waals surface area (Å²) >= 11 is 11.8. The topological polar surface area (TPSA) is 71.3 Å². The van der Waals surface area contributed by atoms with E-state index in [0.717, 1.165) is 0 Å². The summed E-state index contributed by atoms with van der Waals surface area (Å²) in [7, 11) is 1.59. The number of nitrogens with zero attached hydrogens (tertiary/aromatic N) is 1. The van der Waals surface area contributed by atoms with Crippen molar-refractivity contribution in [3.63, 3.8) is 0 Å². The smallest absolute Gasteiger partial charge is 0.338 e. The van der Waals surface area contributed by atoms with Gasteiger partial charge in [-0.1, -0.05) is 35.3 Å². The van der Waals surface area contributed by atoms with Gasteiger partial charge in [0.1, 0.15) is 10.8 Å². The van der Waals surface area contributed by atoms with Gasteiger partial charge in [0.25, 0.3) is 5.91 Å². The molecule has 2 aromatic rings. The fraction of sp³-hybridized carbons (Fsp3) is 0.143. The van der Waals surface area contributed by atoms with Crippen LogP contribution < -0.4 is 5.32 Å². The Morgan fingerprint density at radius 2 is 1.95 bits per heavy atom. The fourth-order valence-corrected chi connectivity index (χ4v) is 2.38. The molecule has 0 unspecified atom stereocenters. The van der Waals surface area contributed by atoms with Crippen LogP contribution in [0, 0.1) is 6.92 Å². The minimum absolute atomic E-state index is 0.0530. The lowest BCUT2D eigenvalue weighted by atomic mass is 10.1. The average Bonchev–Trinajstić information content (AvgIpc) is 2.66. The molecule has 2 N–H and O–H groups in total. The lowest BCUT2D eigenvalue weighted by Crippen LogP contribution is -2.18. The second kappa shape index (κ2) is 5.79. The number of hydrogen-bond acceptors (Lipinski definition) is 2. The molecule has 110 valence electrons. The Kier molecular flexibility index (Phi) is 4.25. The third kappa shape index (κ3) is 2.89. The highest BCUT2D eigenvalue weighted by Crippen LogP contribution is 2.26. The SMILES string of the molecule is Cc1cccc(NC(=O)c2cc(Cl)c(Cl)n2C)c1C(=O)O. The van der Waals surface area contributed by atoms with Gasteiger partial charge in [0.05, 0.1) is 16.3 Å². The van der Waals surface area contributed by atoms with Crippen LogP contribution in [0.1, 0.15) is 26.4 Å². The molecule has 0 aliphatic rings. The quantitative estimate of drug-likeness (QED) is 0.905. The summed E-state index contributed by atoms with van der Waals surface area (Å²) < 4.78 is 1.43. The maximum Gasteiger partial charge on any atom is 0.338 e. The van der Waals surface area contributed by atoms with Crippen LogP contribution in [-0.4, -0.2) is 21.6 Å². The van der Waals surface area contributed by atoms with Gasteiger partial charge in [-0.2, -0.15) is 0 Å². The first-order chi connectivity index (χ1) is 9.82. The molecule has 2 rings (SSSR count). The van der Waals surface area contributed by atoms with Crippen molar-refractivity contribution in [2.45, 2.75) is 6.92 Å². The van der Waals surface area contributed by atoms with E-state index in [0.29, 0.717) is 5.56 Å². The number of aryl methyl sites for hydroxylation is 1. The van der Waals surface area contributed by atoms with Crippen LogP contribution in [-0.2, 0) is 7.05 Å². The Morgan fingerprint density at radius 1 is 1.29 bits per heavy atom. The van der Waals surface area contributed by atoms with Crippen molar-refractivity contribution in [1.29, 1.82) is 0 Å². The van der Waals surface area contributed by atoms with Gasteiger partial charge in [-0.15, -0.1) is 0 Å². The molecule has 1 amide bonds. The molecule has 1 heterocycles. The highest BCUT2D eigenvalue weighted by molar-refractivity contribution is 6.42. The van der Waals surface area contributed by atoms with Gasteiger partial charge in [0, 0.05) is 7.05 Å². The molecule has 5 nitrogen and oxygen atoms in total. The van der Waals surface area contributed by atoms with E-state index >= 15 is 0 Å². The normalized spacial score (nSPS) is 10.5. The molecule has 0 saturated carbocycles. The minimum atomic E-state index is -1.11. The fourth-order valence-electron chi connectivity index (χ4n) is 2.00. The summed E-state index contributed by atoms with van der Waals surface area (Å²) in [6, 6.07) is 6.29. The lowest BCUT2D eigenvalue weighted by Gasteiger charge is -2.11. The Morgan fingerprint density at radius 3 is 2.48 bits per heavy atom. The number of nitrogens with one attached hydrogen (secondary N) is 1. The van der Waals surface area contributed by atoms with E-state index in [1.54, 1.807) is 26.1 Å². The maximum absolute atomic E-state index is 12.2. The molecule has 1 aromatic heterocycles. The molecule has 0 atom stereocenters.